The van der Waals surface area contributed by atoms with Gasteiger partial charge in [-0.3, -0.25) is 0 Å². The van der Waals surface area contributed by atoms with Gasteiger partial charge >= 0.3 is 12.0 Å². The van der Waals surface area contributed by atoms with Crippen LogP contribution < -0.4 is 10.6 Å². The Morgan fingerprint density at radius 3 is 2.67 bits per heavy atom. The Kier molecular flexibility index (Phi) is 3.18. The predicted octanol–water partition coefficient (Wildman–Crippen LogP) is 2.05. The lowest BCUT2D eigenvalue weighted by Gasteiger charge is -2.10. The van der Waals surface area contributed by atoms with Crippen LogP contribution in [0.5, 0.6) is 0 Å². The van der Waals surface area contributed by atoms with Crippen LogP contribution in [-0.4, -0.2) is 23.1 Å². The molecular formula is C12H13FN2O3. The second kappa shape index (κ2) is 4.64. The topological polar surface area (TPSA) is 78.4 Å². The quantitative estimate of drug-likeness (QED) is 0.770. The number of nitrogens with one attached hydrogen (secondary N) is 2. The maximum absolute atomic E-state index is 13.3. The molecule has 0 saturated heterocycles. The van der Waals surface area contributed by atoms with Gasteiger partial charge in [-0.25, -0.2) is 14.0 Å². The average molecular weight is 252 g/mol. The zero-order valence-electron chi connectivity index (χ0n) is 9.74. The van der Waals surface area contributed by atoms with E-state index in [1.165, 1.54) is 12.1 Å². The van der Waals surface area contributed by atoms with Gasteiger partial charge < -0.3 is 15.7 Å². The molecule has 18 heavy (non-hydrogen) atoms. The van der Waals surface area contributed by atoms with Crippen molar-refractivity contribution in [2.75, 3.05) is 5.32 Å². The summed E-state index contributed by atoms with van der Waals surface area (Å²) in [6.45, 7) is 2.00. The van der Waals surface area contributed by atoms with Gasteiger partial charge in [0.2, 0.25) is 0 Å². The normalized spacial score (nSPS) is 21.2. The van der Waals surface area contributed by atoms with E-state index in [4.69, 9.17) is 5.11 Å². The molecule has 5 nitrogen and oxygen atoms in total. The van der Waals surface area contributed by atoms with Gasteiger partial charge in [0.15, 0.2) is 0 Å². The number of hydrogen-bond donors (Lipinski definition) is 3. The maximum atomic E-state index is 13.3. The molecule has 0 spiro atoms. The number of carboxylic acids is 1. The van der Waals surface area contributed by atoms with Gasteiger partial charge in [0, 0.05) is 6.04 Å². The summed E-state index contributed by atoms with van der Waals surface area (Å²) < 4.78 is 13.3. The first kappa shape index (κ1) is 12.3. The first-order valence-electron chi connectivity index (χ1n) is 5.58. The Morgan fingerprint density at radius 2 is 2.11 bits per heavy atom. The number of carbonyl (C=O) groups excluding carboxylic acids is 1. The Bertz CT molecular complexity index is 504. The van der Waals surface area contributed by atoms with Gasteiger partial charge in [-0.15, -0.1) is 0 Å². The smallest absolute Gasteiger partial charge is 0.340 e. The molecule has 1 aliphatic carbocycles. The van der Waals surface area contributed by atoms with E-state index in [0.717, 1.165) is 12.5 Å². The third kappa shape index (κ3) is 2.58. The zero-order valence-corrected chi connectivity index (χ0v) is 9.74. The fraction of sp³-hybridized carbons (Fsp3) is 0.333. The largest absolute Gasteiger partial charge is 0.478 e. The van der Waals surface area contributed by atoms with Crippen LogP contribution in [0.1, 0.15) is 23.7 Å². The van der Waals surface area contributed by atoms with Crippen molar-refractivity contribution in [2.24, 2.45) is 5.92 Å². The molecule has 2 amide bonds. The van der Waals surface area contributed by atoms with Crippen molar-refractivity contribution in [3.05, 3.63) is 29.6 Å². The van der Waals surface area contributed by atoms with Crippen molar-refractivity contribution >= 4 is 17.7 Å². The summed E-state index contributed by atoms with van der Waals surface area (Å²) in [5, 5.41) is 13.9. The molecule has 3 N–H and O–H groups in total. The van der Waals surface area contributed by atoms with Gasteiger partial charge in [0.1, 0.15) is 11.4 Å². The number of amides is 2. The van der Waals surface area contributed by atoms with Gasteiger partial charge in [-0.1, -0.05) is 13.0 Å². The van der Waals surface area contributed by atoms with Crippen LogP contribution in [0, 0.1) is 11.7 Å². The van der Waals surface area contributed by atoms with Crippen molar-refractivity contribution < 1.29 is 19.1 Å². The second-order valence-electron chi connectivity index (χ2n) is 4.39. The highest BCUT2D eigenvalue weighted by Gasteiger charge is 2.34. The molecule has 1 saturated carbocycles. The summed E-state index contributed by atoms with van der Waals surface area (Å²) in [7, 11) is 0. The molecule has 0 heterocycles. The van der Waals surface area contributed by atoms with E-state index in [1.54, 1.807) is 0 Å². The Labute approximate surface area is 103 Å². The van der Waals surface area contributed by atoms with Crippen molar-refractivity contribution in [3.63, 3.8) is 0 Å². The van der Waals surface area contributed by atoms with Crippen LogP contribution in [0.15, 0.2) is 18.2 Å². The summed E-state index contributed by atoms with van der Waals surface area (Å²) >= 11 is 0. The number of aromatic carboxylic acids is 1. The molecule has 96 valence electrons. The lowest BCUT2D eigenvalue weighted by molar-refractivity contribution is 0.0693. The molecule has 0 radical (unpaired) electrons. The number of anilines is 1. The first-order valence-corrected chi connectivity index (χ1v) is 5.58. The lowest BCUT2D eigenvalue weighted by Crippen LogP contribution is -2.32. The summed E-state index contributed by atoms with van der Waals surface area (Å²) in [6.07, 6.45) is 0.905. The van der Waals surface area contributed by atoms with Gasteiger partial charge in [-0.2, -0.15) is 0 Å². The van der Waals surface area contributed by atoms with Crippen molar-refractivity contribution in [3.8, 4) is 0 Å². The van der Waals surface area contributed by atoms with E-state index in [1.807, 2.05) is 6.92 Å². The summed E-state index contributed by atoms with van der Waals surface area (Å²) in [6, 6.07) is 3.33. The van der Waals surface area contributed by atoms with E-state index in [9.17, 15) is 14.0 Å². The molecule has 0 aliphatic heterocycles. The number of carboxylic acid groups (broad SMARTS) is 1. The van der Waals surface area contributed by atoms with E-state index in [0.29, 0.717) is 5.92 Å². The van der Waals surface area contributed by atoms with Crippen molar-refractivity contribution in [1.29, 1.82) is 0 Å². The Morgan fingerprint density at radius 1 is 1.44 bits per heavy atom. The van der Waals surface area contributed by atoms with Crippen LogP contribution in [-0.2, 0) is 0 Å². The monoisotopic (exact) mass is 252 g/mol. The highest BCUT2D eigenvalue weighted by molar-refractivity contribution is 6.00. The summed E-state index contributed by atoms with van der Waals surface area (Å²) in [5.74, 6) is -1.86. The minimum absolute atomic E-state index is 0.0479. The Hall–Kier alpha value is -2.11. The van der Waals surface area contributed by atoms with Gasteiger partial charge in [0.05, 0.1) is 5.69 Å². The maximum Gasteiger partial charge on any atom is 0.340 e. The summed E-state index contributed by atoms with van der Waals surface area (Å²) in [5.41, 5.74) is -0.579. The molecule has 2 atom stereocenters. The van der Waals surface area contributed by atoms with Crippen LogP contribution in [0.4, 0.5) is 14.9 Å². The minimum Gasteiger partial charge on any atom is -0.478 e. The molecule has 1 fully saturated rings. The number of benzene rings is 1. The predicted molar refractivity (Wildman–Crippen MR) is 63.1 cm³/mol. The first-order chi connectivity index (χ1) is 8.49. The molecule has 0 bridgehead atoms. The van der Waals surface area contributed by atoms with E-state index < -0.39 is 23.4 Å². The lowest BCUT2D eigenvalue weighted by atomic mass is 10.1. The molecule has 6 heteroatoms. The zero-order chi connectivity index (χ0) is 13.3. The third-order valence-corrected chi connectivity index (χ3v) is 2.90. The molecule has 0 aromatic heterocycles. The fourth-order valence-electron chi connectivity index (χ4n) is 1.70. The molecule has 1 aromatic carbocycles. The number of urea groups is 1. The van der Waals surface area contributed by atoms with Gasteiger partial charge in [-0.05, 0) is 24.5 Å². The van der Waals surface area contributed by atoms with Crippen LogP contribution >= 0.6 is 0 Å². The van der Waals surface area contributed by atoms with Crippen LogP contribution in [0.3, 0.4) is 0 Å². The number of rotatable bonds is 3. The van der Waals surface area contributed by atoms with Crippen molar-refractivity contribution in [1.82, 2.24) is 5.32 Å². The molecule has 2 rings (SSSR count). The molecule has 1 aliphatic rings. The number of carbonyl (C=O) groups is 2. The standard InChI is InChI=1S/C12H13FN2O3/c1-6-5-9(6)15-12(18)14-8-4-2-3-7(13)10(8)11(16)17/h2-4,6,9H,5H2,1H3,(H,16,17)(H2,14,15,18). The second-order valence-corrected chi connectivity index (χ2v) is 4.39. The minimum atomic E-state index is -1.41. The number of halogens is 1. The van der Waals surface area contributed by atoms with Crippen molar-refractivity contribution in [2.45, 2.75) is 19.4 Å². The fourth-order valence-corrected chi connectivity index (χ4v) is 1.70. The van der Waals surface area contributed by atoms with Gasteiger partial charge in [0.25, 0.3) is 0 Å². The summed E-state index contributed by atoms with van der Waals surface area (Å²) in [4.78, 5) is 22.5. The average Bonchev–Trinajstić information content (AvgIpc) is 2.93. The van der Waals surface area contributed by atoms with Crippen LogP contribution in [0.2, 0.25) is 0 Å². The highest BCUT2D eigenvalue weighted by Crippen LogP contribution is 2.29. The third-order valence-electron chi connectivity index (χ3n) is 2.90. The Balaban J connectivity index is 2.11. The van der Waals surface area contributed by atoms with E-state index in [-0.39, 0.29) is 11.7 Å². The van der Waals surface area contributed by atoms with E-state index >= 15 is 0 Å². The SMILES string of the molecule is CC1CC1NC(=O)Nc1cccc(F)c1C(=O)O. The highest BCUT2D eigenvalue weighted by atomic mass is 19.1. The molecular weight excluding hydrogens is 239 g/mol. The molecule has 2 unspecified atom stereocenters. The number of hydrogen-bond acceptors (Lipinski definition) is 2. The van der Waals surface area contributed by atoms with E-state index in [2.05, 4.69) is 10.6 Å². The molecule has 1 aromatic rings. The van der Waals surface area contributed by atoms with Crippen LogP contribution in [0.25, 0.3) is 0 Å².